The van der Waals surface area contributed by atoms with Gasteiger partial charge < -0.3 is 8.85 Å². The van der Waals surface area contributed by atoms with Crippen molar-refractivity contribution in [3.63, 3.8) is 0 Å². The van der Waals surface area contributed by atoms with Gasteiger partial charge in [0, 0.05) is 24.3 Å². The van der Waals surface area contributed by atoms with Crippen LogP contribution < -0.4 is 0 Å². The third-order valence-electron chi connectivity index (χ3n) is 3.56. The molecule has 0 aliphatic heterocycles. The second kappa shape index (κ2) is 4.33. The fourth-order valence-electron chi connectivity index (χ4n) is 2.59. The summed E-state index contributed by atoms with van der Waals surface area (Å²) in [6, 6.07) is 0. The summed E-state index contributed by atoms with van der Waals surface area (Å²) in [6.45, 7) is 5.92. The topological polar surface area (TPSA) is 18.5 Å². The van der Waals surface area contributed by atoms with Crippen molar-refractivity contribution in [1.82, 2.24) is 0 Å². The predicted molar refractivity (Wildman–Crippen MR) is 59.6 cm³/mol. The molecule has 0 amide bonds. The highest BCUT2D eigenvalue weighted by Crippen LogP contribution is 2.56. The van der Waals surface area contributed by atoms with Crippen LogP contribution >= 0.6 is 0 Å². The lowest BCUT2D eigenvalue weighted by Gasteiger charge is -2.41. The predicted octanol–water partition coefficient (Wildman–Crippen LogP) is 3.22. The van der Waals surface area contributed by atoms with E-state index < -0.39 is 8.56 Å². The Hall–Kier alpha value is 0.137. The van der Waals surface area contributed by atoms with Gasteiger partial charge in [0.05, 0.1) is 0 Å². The van der Waals surface area contributed by atoms with Gasteiger partial charge in [0.1, 0.15) is 0 Å². The van der Waals surface area contributed by atoms with Gasteiger partial charge in [0.25, 0.3) is 0 Å². The third-order valence-corrected chi connectivity index (χ3v) is 8.47. The zero-order valence-electron chi connectivity index (χ0n) is 9.42. The van der Waals surface area contributed by atoms with Crippen molar-refractivity contribution in [3.8, 4) is 0 Å². The summed E-state index contributed by atoms with van der Waals surface area (Å²) in [5.74, 6) is 0. The van der Waals surface area contributed by atoms with Crippen molar-refractivity contribution in [3.05, 3.63) is 0 Å². The fraction of sp³-hybridized carbons (Fsp3) is 1.00. The van der Waals surface area contributed by atoms with E-state index in [4.69, 9.17) is 8.85 Å². The molecule has 2 saturated carbocycles. The smallest absolute Gasteiger partial charge is 0.344 e. The summed E-state index contributed by atoms with van der Waals surface area (Å²) in [4.78, 5) is 0. The molecule has 0 atom stereocenters. The van der Waals surface area contributed by atoms with Crippen LogP contribution in [0.5, 0.6) is 0 Å². The van der Waals surface area contributed by atoms with Crippen LogP contribution in [-0.2, 0) is 8.85 Å². The van der Waals surface area contributed by atoms with E-state index in [1.165, 1.54) is 32.1 Å². The summed E-state index contributed by atoms with van der Waals surface area (Å²) >= 11 is 0. The molecule has 2 rings (SSSR count). The first-order valence-corrected chi connectivity index (χ1v) is 8.08. The number of rotatable bonds is 6. The first kappa shape index (κ1) is 10.6. The second-order valence-corrected chi connectivity index (χ2v) is 8.14. The third kappa shape index (κ3) is 1.77. The molecule has 3 heteroatoms. The van der Waals surface area contributed by atoms with E-state index in [1.54, 1.807) is 0 Å². The van der Waals surface area contributed by atoms with Gasteiger partial charge in [-0.25, -0.2) is 0 Å². The molecule has 0 aromatic carbocycles. The molecule has 2 fully saturated rings. The maximum Gasteiger partial charge on any atom is 0.344 e. The van der Waals surface area contributed by atoms with Gasteiger partial charge >= 0.3 is 8.56 Å². The number of hydrogen-bond donors (Lipinski definition) is 0. The molecular weight excluding hydrogens is 192 g/mol. The molecule has 2 aliphatic rings. The van der Waals surface area contributed by atoms with E-state index >= 15 is 0 Å². The summed E-state index contributed by atoms with van der Waals surface area (Å²) in [5.41, 5.74) is 1.64. The van der Waals surface area contributed by atoms with Gasteiger partial charge in [-0.1, -0.05) is 6.42 Å². The molecule has 0 spiro atoms. The lowest BCUT2D eigenvalue weighted by molar-refractivity contribution is 0.156. The molecule has 0 heterocycles. The summed E-state index contributed by atoms with van der Waals surface area (Å²) in [6.07, 6.45) is 6.85. The fourth-order valence-corrected chi connectivity index (χ4v) is 7.37. The van der Waals surface area contributed by atoms with Gasteiger partial charge in [-0.05, 0) is 39.5 Å². The van der Waals surface area contributed by atoms with Gasteiger partial charge in [-0.3, -0.25) is 0 Å². The monoisotopic (exact) mass is 214 g/mol. The first-order chi connectivity index (χ1) is 6.83. The van der Waals surface area contributed by atoms with Gasteiger partial charge in [0.2, 0.25) is 0 Å². The van der Waals surface area contributed by atoms with Crippen molar-refractivity contribution in [2.24, 2.45) is 0 Å². The van der Waals surface area contributed by atoms with Crippen LogP contribution in [0.4, 0.5) is 0 Å². The zero-order chi connectivity index (χ0) is 10.0. The number of hydrogen-bond acceptors (Lipinski definition) is 2. The van der Waals surface area contributed by atoms with Crippen LogP contribution in [0, 0.1) is 0 Å². The molecule has 0 aromatic heterocycles. The maximum atomic E-state index is 6.11. The highest BCUT2D eigenvalue weighted by atomic mass is 28.4. The Labute approximate surface area is 88.2 Å². The maximum absolute atomic E-state index is 6.11. The largest absolute Gasteiger partial charge is 0.394 e. The van der Waals surface area contributed by atoms with Crippen molar-refractivity contribution in [1.29, 1.82) is 0 Å². The Bertz CT molecular complexity index is 182. The molecule has 0 unspecified atom stereocenters. The average Bonchev–Trinajstić information content (AvgIpc) is 2.83. The molecule has 14 heavy (non-hydrogen) atoms. The van der Waals surface area contributed by atoms with Crippen LogP contribution in [0.3, 0.4) is 0 Å². The van der Waals surface area contributed by atoms with Crippen LogP contribution in [0.15, 0.2) is 0 Å². The van der Waals surface area contributed by atoms with Gasteiger partial charge in [0.15, 0.2) is 0 Å². The van der Waals surface area contributed by atoms with E-state index in [1.807, 2.05) is 0 Å². The molecular formula is C11H22O2Si. The molecule has 0 radical (unpaired) electrons. The summed E-state index contributed by atoms with van der Waals surface area (Å²) in [7, 11) is -1.78. The van der Waals surface area contributed by atoms with Crippen molar-refractivity contribution < 1.29 is 8.85 Å². The zero-order valence-corrected chi connectivity index (χ0v) is 10.4. The van der Waals surface area contributed by atoms with Crippen LogP contribution in [0.1, 0.15) is 46.0 Å². The summed E-state index contributed by atoms with van der Waals surface area (Å²) < 4.78 is 12.2. The Kier molecular flexibility index (Phi) is 3.29. The minimum absolute atomic E-state index is 0.815. The lowest BCUT2D eigenvalue weighted by Crippen LogP contribution is -2.50. The van der Waals surface area contributed by atoms with Gasteiger partial charge in [-0.15, -0.1) is 0 Å². The van der Waals surface area contributed by atoms with Gasteiger partial charge in [-0.2, -0.15) is 0 Å². The second-order valence-electron chi connectivity index (χ2n) is 4.49. The highest BCUT2D eigenvalue weighted by Gasteiger charge is 2.58. The van der Waals surface area contributed by atoms with E-state index in [0.717, 1.165) is 24.3 Å². The van der Waals surface area contributed by atoms with Crippen molar-refractivity contribution in [2.45, 2.75) is 57.0 Å². The summed E-state index contributed by atoms with van der Waals surface area (Å²) in [5, 5.41) is 0. The van der Waals surface area contributed by atoms with Crippen molar-refractivity contribution in [2.75, 3.05) is 13.2 Å². The van der Waals surface area contributed by atoms with Crippen molar-refractivity contribution >= 4 is 8.56 Å². The molecule has 2 nitrogen and oxygen atoms in total. The van der Waals surface area contributed by atoms with Crippen LogP contribution in [0.25, 0.3) is 0 Å². The molecule has 82 valence electrons. The molecule has 0 N–H and O–H groups in total. The standard InChI is InChI=1S/C11H22O2Si/c1-3-12-14(13-4-2,11-8-9-11)10-6-5-7-10/h10-11H,3-9H2,1-2H3. The Morgan fingerprint density at radius 2 is 1.43 bits per heavy atom. The molecule has 0 bridgehead atoms. The minimum atomic E-state index is -1.78. The Morgan fingerprint density at radius 1 is 0.929 bits per heavy atom. The average molecular weight is 214 g/mol. The highest BCUT2D eigenvalue weighted by molar-refractivity contribution is 6.71. The Balaban J connectivity index is 2.05. The normalized spacial score (nSPS) is 23.6. The van der Waals surface area contributed by atoms with E-state index in [-0.39, 0.29) is 0 Å². The molecule has 0 saturated heterocycles. The SMILES string of the molecule is CCO[Si](OCC)(C1CCC1)C1CC1. The quantitative estimate of drug-likeness (QED) is 0.632. The van der Waals surface area contributed by atoms with E-state index in [2.05, 4.69) is 13.8 Å². The van der Waals surface area contributed by atoms with E-state index in [0.29, 0.717) is 0 Å². The molecule has 2 aliphatic carbocycles. The van der Waals surface area contributed by atoms with Crippen LogP contribution in [0.2, 0.25) is 11.1 Å². The minimum Gasteiger partial charge on any atom is -0.394 e. The molecule has 0 aromatic rings. The van der Waals surface area contributed by atoms with Crippen LogP contribution in [-0.4, -0.2) is 21.8 Å². The lowest BCUT2D eigenvalue weighted by atomic mass is 10.00. The van der Waals surface area contributed by atoms with E-state index in [9.17, 15) is 0 Å². The Morgan fingerprint density at radius 3 is 1.71 bits per heavy atom. The first-order valence-electron chi connectivity index (χ1n) is 6.11.